The molecule has 1 aliphatic rings. The molecule has 0 amide bonds. The lowest BCUT2D eigenvalue weighted by Crippen LogP contribution is -2.26. The van der Waals surface area contributed by atoms with Gasteiger partial charge in [-0.15, -0.1) is 0 Å². The summed E-state index contributed by atoms with van der Waals surface area (Å²) in [6.45, 7) is 2.15. The Morgan fingerprint density at radius 3 is 2.48 bits per heavy atom. The van der Waals surface area contributed by atoms with Gasteiger partial charge in [0.2, 0.25) is 0 Å². The van der Waals surface area contributed by atoms with Crippen LogP contribution in [0.5, 0.6) is 0 Å². The average Bonchev–Trinajstić information content (AvgIpc) is 2.64. The van der Waals surface area contributed by atoms with Crippen molar-refractivity contribution in [1.82, 2.24) is 0 Å². The van der Waals surface area contributed by atoms with Crippen molar-refractivity contribution in [2.24, 2.45) is 0 Å². The molecule has 25 heavy (non-hydrogen) atoms. The third-order valence-electron chi connectivity index (χ3n) is 4.85. The molecule has 2 aromatic carbocycles. The van der Waals surface area contributed by atoms with E-state index in [-0.39, 0.29) is 5.82 Å². The van der Waals surface area contributed by atoms with Gasteiger partial charge in [-0.1, -0.05) is 86.9 Å². The lowest BCUT2D eigenvalue weighted by Gasteiger charge is -2.27. The standard InChI is InChI=1S/C23H25FO/c1-2-3-7-14-23(25)15-12-19(13-16-23)21-11-10-20(17-22(21)24)18-8-5-4-6-9-18/h4-6,8-13,15,17,25H,2-3,7,14,16H2,1H3. The number of hydrogen-bond acceptors (Lipinski definition) is 1. The summed E-state index contributed by atoms with van der Waals surface area (Å²) in [5.74, 6) is -0.228. The van der Waals surface area contributed by atoms with Crippen LogP contribution in [0.1, 0.15) is 44.6 Å². The van der Waals surface area contributed by atoms with Crippen molar-refractivity contribution in [3.8, 4) is 11.1 Å². The summed E-state index contributed by atoms with van der Waals surface area (Å²) in [4.78, 5) is 0. The van der Waals surface area contributed by atoms with Crippen LogP contribution in [-0.4, -0.2) is 10.7 Å². The molecule has 1 nitrogen and oxygen atoms in total. The Morgan fingerprint density at radius 1 is 1.04 bits per heavy atom. The van der Waals surface area contributed by atoms with Crippen LogP contribution >= 0.6 is 0 Å². The van der Waals surface area contributed by atoms with E-state index in [1.54, 1.807) is 6.07 Å². The highest BCUT2D eigenvalue weighted by Gasteiger charge is 2.25. The number of benzene rings is 2. The summed E-state index contributed by atoms with van der Waals surface area (Å²) in [5, 5.41) is 10.6. The van der Waals surface area contributed by atoms with E-state index in [1.807, 2.05) is 60.7 Å². The summed E-state index contributed by atoms with van der Waals surface area (Å²) >= 11 is 0. The molecule has 0 aliphatic heterocycles. The number of allylic oxidation sites excluding steroid dienone is 2. The highest BCUT2D eigenvalue weighted by Crippen LogP contribution is 2.32. The first-order valence-corrected chi connectivity index (χ1v) is 9.08. The maximum atomic E-state index is 14.6. The fourth-order valence-corrected chi connectivity index (χ4v) is 3.29. The van der Waals surface area contributed by atoms with Crippen LogP contribution in [0.4, 0.5) is 4.39 Å². The second-order valence-corrected chi connectivity index (χ2v) is 6.82. The van der Waals surface area contributed by atoms with Crippen LogP contribution in [0.3, 0.4) is 0 Å². The Balaban J connectivity index is 1.75. The lowest BCUT2D eigenvalue weighted by molar-refractivity contribution is 0.0808. The monoisotopic (exact) mass is 336 g/mol. The minimum atomic E-state index is -0.779. The zero-order valence-electron chi connectivity index (χ0n) is 14.7. The zero-order valence-corrected chi connectivity index (χ0v) is 14.7. The first kappa shape index (κ1) is 17.6. The van der Waals surface area contributed by atoms with Crippen LogP contribution in [0.25, 0.3) is 16.7 Å². The normalized spacial score (nSPS) is 19.7. The minimum absolute atomic E-state index is 0.228. The van der Waals surface area contributed by atoms with Gasteiger partial charge in [-0.2, -0.15) is 0 Å². The Morgan fingerprint density at radius 2 is 1.84 bits per heavy atom. The molecule has 0 aromatic heterocycles. The highest BCUT2D eigenvalue weighted by molar-refractivity contribution is 5.77. The molecule has 1 N–H and O–H groups in total. The van der Waals surface area contributed by atoms with E-state index in [9.17, 15) is 9.50 Å². The molecule has 0 fully saturated rings. The molecule has 0 saturated heterocycles. The second kappa shape index (κ2) is 7.79. The summed E-state index contributed by atoms with van der Waals surface area (Å²) in [7, 11) is 0. The van der Waals surface area contributed by atoms with Crippen LogP contribution in [0.15, 0.2) is 66.8 Å². The van der Waals surface area contributed by atoms with Crippen LogP contribution in [0, 0.1) is 5.82 Å². The van der Waals surface area contributed by atoms with Crippen molar-refractivity contribution in [3.05, 3.63) is 78.1 Å². The molecule has 1 aliphatic carbocycles. The molecule has 2 heteroatoms. The minimum Gasteiger partial charge on any atom is -0.385 e. The number of hydrogen-bond donors (Lipinski definition) is 1. The molecule has 0 bridgehead atoms. The van der Waals surface area contributed by atoms with E-state index in [4.69, 9.17) is 0 Å². The van der Waals surface area contributed by atoms with Crippen LogP contribution in [-0.2, 0) is 0 Å². The molecule has 0 saturated carbocycles. The second-order valence-electron chi connectivity index (χ2n) is 6.82. The first-order chi connectivity index (χ1) is 12.1. The maximum absolute atomic E-state index is 14.6. The SMILES string of the molecule is CCCCCC1(O)C=CC(c2ccc(-c3ccccc3)cc2F)=CC1. The predicted octanol–water partition coefficient (Wildman–Crippen LogP) is 6.15. The molecule has 1 atom stereocenters. The van der Waals surface area contributed by atoms with E-state index in [2.05, 4.69) is 6.92 Å². The Kier molecular flexibility index (Phi) is 5.50. The molecular formula is C23H25FO. The third kappa shape index (κ3) is 4.26. The zero-order chi connectivity index (χ0) is 17.7. The number of aliphatic hydroxyl groups is 1. The smallest absolute Gasteiger partial charge is 0.131 e. The van der Waals surface area contributed by atoms with Crippen LogP contribution in [0.2, 0.25) is 0 Å². The van der Waals surface area contributed by atoms with Crippen molar-refractivity contribution in [3.63, 3.8) is 0 Å². The number of rotatable bonds is 6. The average molecular weight is 336 g/mol. The van der Waals surface area contributed by atoms with Crippen molar-refractivity contribution >= 4 is 5.57 Å². The van der Waals surface area contributed by atoms with Gasteiger partial charge >= 0.3 is 0 Å². The fraction of sp³-hybridized carbons (Fsp3) is 0.304. The van der Waals surface area contributed by atoms with E-state index in [1.165, 1.54) is 0 Å². The first-order valence-electron chi connectivity index (χ1n) is 9.08. The van der Waals surface area contributed by atoms with Gasteiger partial charge in [0, 0.05) is 5.56 Å². The topological polar surface area (TPSA) is 20.2 Å². The van der Waals surface area contributed by atoms with Crippen LogP contribution < -0.4 is 0 Å². The molecule has 0 heterocycles. The van der Waals surface area contributed by atoms with Gasteiger partial charge in [-0.25, -0.2) is 4.39 Å². The Bertz CT molecular complexity index is 776. The maximum Gasteiger partial charge on any atom is 0.131 e. The molecule has 0 radical (unpaired) electrons. The highest BCUT2D eigenvalue weighted by atomic mass is 19.1. The van der Waals surface area contributed by atoms with Crippen molar-refractivity contribution < 1.29 is 9.50 Å². The lowest BCUT2D eigenvalue weighted by atomic mass is 9.85. The summed E-state index contributed by atoms with van der Waals surface area (Å²) < 4.78 is 14.6. The summed E-state index contributed by atoms with van der Waals surface area (Å²) in [5.41, 5.74) is 2.53. The van der Waals surface area contributed by atoms with Crippen molar-refractivity contribution in [1.29, 1.82) is 0 Å². The van der Waals surface area contributed by atoms with Gasteiger partial charge in [0.25, 0.3) is 0 Å². The third-order valence-corrected chi connectivity index (χ3v) is 4.85. The van der Waals surface area contributed by atoms with E-state index < -0.39 is 5.60 Å². The van der Waals surface area contributed by atoms with Gasteiger partial charge in [0.1, 0.15) is 5.82 Å². The quantitative estimate of drug-likeness (QED) is 0.627. The molecule has 130 valence electrons. The Hall–Kier alpha value is -2.19. The molecule has 1 unspecified atom stereocenters. The van der Waals surface area contributed by atoms with Gasteiger partial charge < -0.3 is 5.11 Å². The largest absolute Gasteiger partial charge is 0.385 e. The van der Waals surface area contributed by atoms with E-state index >= 15 is 0 Å². The molecule has 0 spiro atoms. The van der Waals surface area contributed by atoms with Crippen molar-refractivity contribution in [2.75, 3.05) is 0 Å². The molecule has 2 aromatic rings. The van der Waals surface area contributed by atoms with E-state index in [0.29, 0.717) is 12.0 Å². The Labute approximate surface area is 149 Å². The number of unbranched alkanes of at least 4 members (excludes halogenated alkanes) is 2. The van der Waals surface area contributed by atoms with Gasteiger partial charge in [0.05, 0.1) is 5.60 Å². The van der Waals surface area contributed by atoms with Gasteiger partial charge in [-0.3, -0.25) is 0 Å². The fourth-order valence-electron chi connectivity index (χ4n) is 3.29. The van der Waals surface area contributed by atoms with E-state index in [0.717, 1.165) is 42.4 Å². The van der Waals surface area contributed by atoms with Gasteiger partial charge in [-0.05, 0) is 35.6 Å². The molecular weight excluding hydrogens is 311 g/mol. The number of halogens is 1. The predicted molar refractivity (Wildman–Crippen MR) is 103 cm³/mol. The summed E-state index contributed by atoms with van der Waals surface area (Å²) in [6.07, 6.45) is 10.2. The summed E-state index contributed by atoms with van der Waals surface area (Å²) in [6, 6.07) is 15.2. The van der Waals surface area contributed by atoms with Gasteiger partial charge in [0.15, 0.2) is 0 Å². The molecule has 3 rings (SSSR count). The van der Waals surface area contributed by atoms with Crippen molar-refractivity contribution in [2.45, 2.75) is 44.6 Å².